The maximum Gasteiger partial charge on any atom is 0.258 e. The lowest BCUT2D eigenvalue weighted by atomic mass is 9.91. The Bertz CT molecular complexity index is 667. The van der Waals surface area contributed by atoms with Gasteiger partial charge in [-0.1, -0.05) is 23.2 Å². The zero-order valence-electron chi connectivity index (χ0n) is 15.3. The topological polar surface area (TPSA) is 50.8 Å². The number of likely N-dealkylation sites (tertiary alicyclic amines) is 1. The minimum atomic E-state index is -0.0828. The third-order valence-corrected chi connectivity index (χ3v) is 6.56. The first kappa shape index (κ1) is 19.3. The minimum absolute atomic E-state index is 0.0274. The number of piperidine rings is 1. The van der Waals surface area contributed by atoms with Crippen LogP contribution in [0.2, 0.25) is 10.0 Å². The van der Waals surface area contributed by atoms with Crippen LogP contribution in [0.5, 0.6) is 5.75 Å². The number of hydrogen-bond donors (Lipinski definition) is 1. The van der Waals surface area contributed by atoms with Crippen LogP contribution in [-0.2, 0) is 9.53 Å². The highest BCUT2D eigenvalue weighted by molar-refractivity contribution is 6.35. The Morgan fingerprint density at radius 1 is 1.22 bits per heavy atom. The van der Waals surface area contributed by atoms with Gasteiger partial charge in [0.1, 0.15) is 5.75 Å². The first-order valence-corrected chi connectivity index (χ1v) is 10.5. The summed E-state index contributed by atoms with van der Waals surface area (Å²) >= 11 is 12.0. The molecular weight excluding hydrogens is 387 g/mol. The van der Waals surface area contributed by atoms with E-state index in [1.54, 1.807) is 18.2 Å². The SMILES string of the molecule is O=C(COc1ccc(Cl)cc1Cl)NC1[C@@H]2CC[C@H]1CN(CC1CCOC1)C2. The van der Waals surface area contributed by atoms with Gasteiger partial charge in [-0.2, -0.15) is 0 Å². The summed E-state index contributed by atoms with van der Waals surface area (Å²) in [6.45, 7) is 5.05. The van der Waals surface area contributed by atoms with Crippen molar-refractivity contribution in [2.45, 2.75) is 25.3 Å². The van der Waals surface area contributed by atoms with Crippen molar-refractivity contribution in [3.63, 3.8) is 0 Å². The van der Waals surface area contributed by atoms with Crippen molar-refractivity contribution < 1.29 is 14.3 Å². The van der Waals surface area contributed by atoms with Crippen molar-refractivity contribution in [1.29, 1.82) is 0 Å². The predicted molar refractivity (Wildman–Crippen MR) is 105 cm³/mol. The van der Waals surface area contributed by atoms with E-state index in [2.05, 4.69) is 10.2 Å². The number of nitrogens with one attached hydrogen (secondary N) is 1. The smallest absolute Gasteiger partial charge is 0.258 e. The molecule has 1 amide bonds. The van der Waals surface area contributed by atoms with E-state index in [0.29, 0.717) is 33.5 Å². The van der Waals surface area contributed by atoms with Crippen molar-refractivity contribution in [2.24, 2.45) is 17.8 Å². The Morgan fingerprint density at radius 2 is 2.00 bits per heavy atom. The van der Waals surface area contributed by atoms with E-state index in [1.807, 2.05) is 0 Å². The fraction of sp³-hybridized carbons (Fsp3) is 0.650. The van der Waals surface area contributed by atoms with Gasteiger partial charge in [-0.3, -0.25) is 4.79 Å². The van der Waals surface area contributed by atoms with Crippen LogP contribution in [-0.4, -0.2) is 56.3 Å². The van der Waals surface area contributed by atoms with Gasteiger partial charge in [0, 0.05) is 37.3 Å². The van der Waals surface area contributed by atoms with Crippen molar-refractivity contribution >= 4 is 29.1 Å². The summed E-state index contributed by atoms with van der Waals surface area (Å²) in [5.41, 5.74) is 0. The van der Waals surface area contributed by atoms with Gasteiger partial charge in [0.2, 0.25) is 0 Å². The van der Waals surface area contributed by atoms with Crippen LogP contribution in [0.25, 0.3) is 0 Å². The van der Waals surface area contributed by atoms with Crippen LogP contribution in [0, 0.1) is 17.8 Å². The summed E-state index contributed by atoms with van der Waals surface area (Å²) < 4.78 is 11.1. The van der Waals surface area contributed by atoms with E-state index in [0.717, 1.165) is 32.8 Å². The Morgan fingerprint density at radius 3 is 2.67 bits per heavy atom. The molecule has 2 aliphatic heterocycles. The molecule has 0 radical (unpaired) electrons. The molecule has 3 fully saturated rings. The number of ether oxygens (including phenoxy) is 2. The number of hydrogen-bond acceptors (Lipinski definition) is 4. The molecule has 2 bridgehead atoms. The Labute approximate surface area is 170 Å². The summed E-state index contributed by atoms with van der Waals surface area (Å²) in [6, 6.07) is 5.26. The molecule has 1 aromatic rings. The van der Waals surface area contributed by atoms with Crippen LogP contribution in [0.1, 0.15) is 19.3 Å². The molecule has 5 nitrogen and oxygen atoms in total. The van der Waals surface area contributed by atoms with Gasteiger partial charge in [-0.05, 0) is 55.2 Å². The quantitative estimate of drug-likeness (QED) is 0.778. The van der Waals surface area contributed by atoms with Crippen LogP contribution >= 0.6 is 23.2 Å². The average molecular weight is 413 g/mol. The minimum Gasteiger partial charge on any atom is -0.482 e. The molecule has 2 heterocycles. The van der Waals surface area contributed by atoms with Gasteiger partial charge < -0.3 is 19.7 Å². The molecule has 1 aromatic carbocycles. The van der Waals surface area contributed by atoms with Crippen LogP contribution in [0.3, 0.4) is 0 Å². The molecule has 1 saturated carbocycles. The number of nitrogens with zero attached hydrogens (tertiary/aromatic N) is 1. The first-order chi connectivity index (χ1) is 13.1. The average Bonchev–Trinajstić information content (AvgIpc) is 3.20. The Hall–Kier alpha value is -1.01. The number of benzene rings is 1. The molecule has 3 aliphatic rings. The van der Waals surface area contributed by atoms with Gasteiger partial charge in [0.15, 0.2) is 6.61 Å². The normalized spacial score (nSPS) is 30.4. The number of rotatable bonds is 6. The van der Waals surface area contributed by atoms with Crippen molar-refractivity contribution in [3.8, 4) is 5.75 Å². The maximum absolute atomic E-state index is 12.4. The van der Waals surface area contributed by atoms with Crippen molar-refractivity contribution in [1.82, 2.24) is 10.2 Å². The number of carbonyl (C=O) groups excluding carboxylic acids is 1. The van der Waals surface area contributed by atoms with E-state index in [4.69, 9.17) is 32.7 Å². The zero-order valence-corrected chi connectivity index (χ0v) is 16.8. The second-order valence-corrected chi connectivity index (χ2v) is 8.85. The second kappa shape index (κ2) is 8.56. The van der Waals surface area contributed by atoms with Gasteiger partial charge in [0.05, 0.1) is 11.6 Å². The van der Waals surface area contributed by atoms with E-state index in [1.165, 1.54) is 19.3 Å². The molecule has 2 saturated heterocycles. The summed E-state index contributed by atoms with van der Waals surface area (Å²) in [4.78, 5) is 15.0. The molecule has 1 aliphatic carbocycles. The fourth-order valence-electron chi connectivity index (χ4n) is 4.76. The lowest BCUT2D eigenvalue weighted by Crippen LogP contribution is -2.54. The molecule has 1 N–H and O–H groups in total. The molecule has 0 spiro atoms. The summed E-state index contributed by atoms with van der Waals surface area (Å²) in [5.74, 6) is 2.14. The van der Waals surface area contributed by atoms with E-state index in [-0.39, 0.29) is 18.6 Å². The van der Waals surface area contributed by atoms with Gasteiger partial charge in [-0.15, -0.1) is 0 Å². The molecule has 4 rings (SSSR count). The number of carbonyl (C=O) groups is 1. The van der Waals surface area contributed by atoms with E-state index in [9.17, 15) is 4.79 Å². The molecule has 0 aromatic heterocycles. The molecule has 7 heteroatoms. The molecule has 4 atom stereocenters. The summed E-state index contributed by atoms with van der Waals surface area (Å²) in [7, 11) is 0. The molecule has 2 unspecified atom stereocenters. The number of amides is 1. The Balaban J connectivity index is 1.26. The van der Waals surface area contributed by atoms with Crippen LogP contribution in [0.4, 0.5) is 0 Å². The largest absolute Gasteiger partial charge is 0.482 e. The standard InChI is InChI=1S/C20H26Cl2N2O3/c21-16-3-4-18(17(22)7-16)27-12-19(25)23-20-14-1-2-15(20)10-24(9-14)8-13-5-6-26-11-13/h3-4,7,13-15,20H,1-2,5-6,8-12H2,(H,23,25)/t13?,14-,15+,20?. The lowest BCUT2D eigenvalue weighted by molar-refractivity contribution is -0.124. The van der Waals surface area contributed by atoms with Crippen LogP contribution < -0.4 is 10.1 Å². The third kappa shape index (κ3) is 4.70. The van der Waals surface area contributed by atoms with Gasteiger partial charge in [0.25, 0.3) is 5.91 Å². The fourth-order valence-corrected chi connectivity index (χ4v) is 5.22. The Kier molecular flexibility index (Phi) is 6.12. The molecule has 148 valence electrons. The maximum atomic E-state index is 12.4. The number of halogens is 2. The third-order valence-electron chi connectivity index (χ3n) is 6.03. The molecular formula is C20H26Cl2N2O3. The van der Waals surface area contributed by atoms with Gasteiger partial charge >= 0.3 is 0 Å². The van der Waals surface area contributed by atoms with Crippen molar-refractivity contribution in [3.05, 3.63) is 28.2 Å². The zero-order chi connectivity index (χ0) is 18.8. The lowest BCUT2D eigenvalue weighted by Gasteiger charge is -2.39. The first-order valence-electron chi connectivity index (χ1n) is 9.76. The second-order valence-electron chi connectivity index (χ2n) is 8.00. The van der Waals surface area contributed by atoms with E-state index < -0.39 is 0 Å². The van der Waals surface area contributed by atoms with Crippen LogP contribution in [0.15, 0.2) is 18.2 Å². The highest BCUT2D eigenvalue weighted by atomic mass is 35.5. The summed E-state index contributed by atoms with van der Waals surface area (Å²) in [6.07, 6.45) is 3.56. The number of fused-ring (bicyclic) bond motifs is 2. The highest BCUT2D eigenvalue weighted by Crippen LogP contribution is 2.37. The van der Waals surface area contributed by atoms with Gasteiger partial charge in [-0.25, -0.2) is 0 Å². The predicted octanol–water partition coefficient (Wildman–Crippen LogP) is 3.24. The molecule has 27 heavy (non-hydrogen) atoms. The van der Waals surface area contributed by atoms with E-state index >= 15 is 0 Å². The summed E-state index contributed by atoms with van der Waals surface area (Å²) in [5, 5.41) is 4.17. The van der Waals surface area contributed by atoms with Crippen molar-refractivity contribution in [2.75, 3.05) is 39.5 Å². The monoisotopic (exact) mass is 412 g/mol. The highest BCUT2D eigenvalue weighted by Gasteiger charge is 2.43.